The molecule has 0 amide bonds. The average molecular weight is 468 g/mol. The second-order valence-corrected chi connectivity index (χ2v) is 9.82. The Hall–Kier alpha value is -3.33. The van der Waals surface area contributed by atoms with Crippen LogP contribution in [-0.4, -0.2) is 38.6 Å². The molecule has 9 heteroatoms. The summed E-state index contributed by atoms with van der Waals surface area (Å²) in [7, 11) is -2.34. The summed E-state index contributed by atoms with van der Waals surface area (Å²) in [5.41, 5.74) is 2.09. The Balaban J connectivity index is 1.49. The molecule has 1 fully saturated rings. The molecule has 0 atom stereocenters. The number of rotatable bonds is 7. The SMILES string of the molecule is COc1ccc(C)cc1S(=O)(=O)Nc1ccc(Nc2cc(N3CCCCC3)nc(C)n2)cc1. The van der Waals surface area contributed by atoms with Gasteiger partial charge in [0.05, 0.1) is 7.11 Å². The van der Waals surface area contributed by atoms with Crippen molar-refractivity contribution in [3.8, 4) is 5.75 Å². The molecule has 0 unspecified atom stereocenters. The molecule has 1 aliphatic heterocycles. The maximum Gasteiger partial charge on any atom is 0.265 e. The number of ether oxygens (including phenoxy) is 1. The van der Waals surface area contributed by atoms with Gasteiger partial charge < -0.3 is 15.0 Å². The topological polar surface area (TPSA) is 96.5 Å². The second-order valence-electron chi connectivity index (χ2n) is 8.17. The first-order valence-corrected chi connectivity index (χ1v) is 12.5. The summed E-state index contributed by atoms with van der Waals surface area (Å²) in [5.74, 6) is 2.65. The molecule has 1 aromatic heterocycles. The van der Waals surface area contributed by atoms with Gasteiger partial charge in [0.1, 0.15) is 28.1 Å². The van der Waals surface area contributed by atoms with Crippen LogP contribution >= 0.6 is 0 Å². The van der Waals surface area contributed by atoms with Crippen molar-refractivity contribution in [2.45, 2.75) is 38.0 Å². The van der Waals surface area contributed by atoms with Crippen LogP contribution in [0.15, 0.2) is 53.4 Å². The van der Waals surface area contributed by atoms with Gasteiger partial charge in [0.15, 0.2) is 0 Å². The first kappa shape index (κ1) is 22.8. The number of benzene rings is 2. The Kier molecular flexibility index (Phi) is 6.69. The van der Waals surface area contributed by atoms with E-state index in [-0.39, 0.29) is 4.90 Å². The lowest BCUT2D eigenvalue weighted by Gasteiger charge is -2.28. The van der Waals surface area contributed by atoms with Crippen molar-refractivity contribution in [1.82, 2.24) is 9.97 Å². The van der Waals surface area contributed by atoms with Crippen LogP contribution < -0.4 is 19.7 Å². The number of nitrogens with zero attached hydrogens (tertiary/aromatic N) is 3. The Labute approximate surface area is 195 Å². The molecule has 2 heterocycles. The highest BCUT2D eigenvalue weighted by Crippen LogP contribution is 2.28. The third-order valence-electron chi connectivity index (χ3n) is 5.52. The molecule has 0 radical (unpaired) electrons. The minimum absolute atomic E-state index is 0.105. The Morgan fingerprint density at radius 2 is 1.61 bits per heavy atom. The van der Waals surface area contributed by atoms with Crippen molar-refractivity contribution in [3.05, 3.63) is 59.9 Å². The fourth-order valence-corrected chi connectivity index (χ4v) is 5.19. The largest absolute Gasteiger partial charge is 0.495 e. The molecule has 3 aromatic rings. The second kappa shape index (κ2) is 9.66. The lowest BCUT2D eigenvalue weighted by atomic mass is 10.1. The zero-order chi connectivity index (χ0) is 23.4. The number of nitrogens with one attached hydrogen (secondary N) is 2. The summed E-state index contributed by atoms with van der Waals surface area (Å²) in [5, 5.41) is 3.30. The summed E-state index contributed by atoms with van der Waals surface area (Å²) < 4.78 is 33.7. The number of hydrogen-bond donors (Lipinski definition) is 2. The molecule has 1 saturated heterocycles. The molecule has 0 spiro atoms. The van der Waals surface area contributed by atoms with Gasteiger partial charge in [-0.3, -0.25) is 4.72 Å². The van der Waals surface area contributed by atoms with Crippen molar-refractivity contribution in [1.29, 1.82) is 0 Å². The third kappa shape index (κ3) is 5.54. The maximum atomic E-state index is 12.9. The molecule has 33 heavy (non-hydrogen) atoms. The van der Waals surface area contributed by atoms with Crippen molar-refractivity contribution in [2.75, 3.05) is 35.1 Å². The number of anilines is 4. The third-order valence-corrected chi connectivity index (χ3v) is 6.93. The summed E-state index contributed by atoms with van der Waals surface area (Å²) >= 11 is 0. The number of sulfonamides is 1. The number of methoxy groups -OCH3 is 1. The van der Waals surface area contributed by atoms with Crippen LogP contribution in [0.3, 0.4) is 0 Å². The van der Waals surface area contributed by atoms with E-state index in [1.54, 1.807) is 24.3 Å². The zero-order valence-corrected chi connectivity index (χ0v) is 19.9. The van der Waals surface area contributed by atoms with E-state index in [1.807, 2.05) is 38.1 Å². The highest BCUT2D eigenvalue weighted by atomic mass is 32.2. The molecule has 174 valence electrons. The van der Waals surface area contributed by atoms with E-state index in [0.717, 1.165) is 30.2 Å². The minimum atomic E-state index is -3.80. The summed E-state index contributed by atoms with van der Waals surface area (Å²) in [4.78, 5) is 11.5. The van der Waals surface area contributed by atoms with E-state index in [1.165, 1.54) is 26.4 Å². The number of hydrogen-bond acceptors (Lipinski definition) is 7. The predicted molar refractivity (Wildman–Crippen MR) is 131 cm³/mol. The van der Waals surface area contributed by atoms with Gasteiger partial charge in [-0.05, 0) is 75.1 Å². The first-order valence-electron chi connectivity index (χ1n) is 11.0. The van der Waals surface area contributed by atoms with E-state index >= 15 is 0 Å². The van der Waals surface area contributed by atoms with E-state index in [2.05, 4.69) is 24.9 Å². The zero-order valence-electron chi connectivity index (χ0n) is 19.1. The Bertz CT molecular complexity index is 1220. The molecule has 4 rings (SSSR count). The number of piperidine rings is 1. The molecule has 0 saturated carbocycles. The molecule has 0 bridgehead atoms. The van der Waals surface area contributed by atoms with Crippen molar-refractivity contribution in [3.63, 3.8) is 0 Å². The highest BCUT2D eigenvalue weighted by molar-refractivity contribution is 7.92. The van der Waals surface area contributed by atoms with Crippen LogP contribution in [-0.2, 0) is 10.0 Å². The van der Waals surface area contributed by atoms with Crippen molar-refractivity contribution in [2.24, 2.45) is 0 Å². The summed E-state index contributed by atoms with van der Waals surface area (Å²) in [6.07, 6.45) is 3.62. The molecule has 2 aromatic carbocycles. The monoisotopic (exact) mass is 467 g/mol. The van der Waals surface area contributed by atoms with Crippen LogP contribution in [0.4, 0.5) is 23.0 Å². The van der Waals surface area contributed by atoms with Crippen LogP contribution in [0.25, 0.3) is 0 Å². The maximum absolute atomic E-state index is 12.9. The Morgan fingerprint density at radius 3 is 2.30 bits per heavy atom. The van der Waals surface area contributed by atoms with Crippen LogP contribution in [0, 0.1) is 13.8 Å². The van der Waals surface area contributed by atoms with Gasteiger partial charge in [0.2, 0.25) is 0 Å². The van der Waals surface area contributed by atoms with E-state index in [4.69, 9.17) is 4.74 Å². The molecule has 2 N–H and O–H groups in total. The van der Waals surface area contributed by atoms with Gasteiger partial charge in [-0.2, -0.15) is 0 Å². The lowest BCUT2D eigenvalue weighted by Crippen LogP contribution is -2.30. The predicted octanol–water partition coefficient (Wildman–Crippen LogP) is 4.64. The Morgan fingerprint density at radius 1 is 0.909 bits per heavy atom. The lowest BCUT2D eigenvalue weighted by molar-refractivity contribution is 0.402. The van der Waals surface area contributed by atoms with Crippen LogP contribution in [0.5, 0.6) is 5.75 Å². The fourth-order valence-electron chi connectivity index (χ4n) is 3.87. The van der Waals surface area contributed by atoms with Crippen LogP contribution in [0.2, 0.25) is 0 Å². The minimum Gasteiger partial charge on any atom is -0.495 e. The molecular formula is C24H29N5O3S. The van der Waals surface area contributed by atoms with Gasteiger partial charge >= 0.3 is 0 Å². The van der Waals surface area contributed by atoms with Gasteiger partial charge in [-0.1, -0.05) is 6.07 Å². The highest BCUT2D eigenvalue weighted by Gasteiger charge is 2.20. The van der Waals surface area contributed by atoms with Gasteiger partial charge in [0, 0.05) is 30.5 Å². The normalized spacial score (nSPS) is 14.1. The van der Waals surface area contributed by atoms with Gasteiger partial charge in [-0.15, -0.1) is 0 Å². The number of aromatic nitrogens is 2. The van der Waals surface area contributed by atoms with E-state index < -0.39 is 10.0 Å². The standard InChI is InChI=1S/C24H29N5O3S/c1-17-7-12-21(32-3)22(15-17)33(30,31)28-20-10-8-19(9-11-20)27-23-16-24(26-18(2)25-23)29-13-5-4-6-14-29/h7-12,15-16,28H,4-6,13-14H2,1-3H3,(H,25,26,27). The van der Waals surface area contributed by atoms with Gasteiger partial charge in [0.25, 0.3) is 10.0 Å². The molecular weight excluding hydrogens is 438 g/mol. The molecule has 8 nitrogen and oxygen atoms in total. The first-order chi connectivity index (χ1) is 15.8. The van der Waals surface area contributed by atoms with Crippen LogP contribution in [0.1, 0.15) is 30.7 Å². The molecule has 0 aliphatic carbocycles. The average Bonchev–Trinajstić information content (AvgIpc) is 2.80. The number of aryl methyl sites for hydroxylation is 2. The smallest absolute Gasteiger partial charge is 0.265 e. The van der Waals surface area contributed by atoms with Crippen molar-refractivity contribution >= 4 is 33.0 Å². The quantitative estimate of drug-likeness (QED) is 0.523. The summed E-state index contributed by atoms with van der Waals surface area (Å²) in [6.45, 7) is 5.74. The summed E-state index contributed by atoms with van der Waals surface area (Å²) in [6, 6.07) is 14.0. The van der Waals surface area contributed by atoms with E-state index in [0.29, 0.717) is 23.1 Å². The molecule has 1 aliphatic rings. The van der Waals surface area contributed by atoms with E-state index in [9.17, 15) is 8.42 Å². The van der Waals surface area contributed by atoms with Crippen molar-refractivity contribution < 1.29 is 13.2 Å². The van der Waals surface area contributed by atoms with Gasteiger partial charge in [-0.25, -0.2) is 18.4 Å². The fraction of sp³-hybridized carbons (Fsp3) is 0.333.